The Morgan fingerprint density at radius 3 is 2.94 bits per heavy atom. The zero-order valence-corrected chi connectivity index (χ0v) is 8.35. The smallest absolute Gasteiger partial charge is 0.433 e. The number of ether oxygens (including phenoxy) is 1. The summed E-state index contributed by atoms with van der Waals surface area (Å²) in [5.41, 5.74) is 0. The molecule has 1 aromatic heterocycles. The van der Waals surface area contributed by atoms with Gasteiger partial charge in [-0.1, -0.05) is 0 Å². The van der Waals surface area contributed by atoms with Gasteiger partial charge in [0.2, 0.25) is 0 Å². The highest BCUT2D eigenvalue weighted by Gasteiger charge is 2.31. The summed E-state index contributed by atoms with van der Waals surface area (Å²) in [4.78, 5) is 20.6. The van der Waals surface area contributed by atoms with Gasteiger partial charge >= 0.3 is 12.0 Å². The molecule has 0 radical (unpaired) electrons. The SMILES string of the molecule is O=C1OCC(O)N1/N=C/c1ccc([N+](=O)[O-])o1. The third-order valence-electron chi connectivity index (χ3n) is 1.93. The van der Waals surface area contributed by atoms with E-state index in [4.69, 9.17) is 4.42 Å². The molecule has 1 N–H and O–H groups in total. The molecule has 1 atom stereocenters. The number of aliphatic hydroxyl groups excluding tert-OH is 1. The van der Waals surface area contributed by atoms with Crippen LogP contribution in [0.25, 0.3) is 0 Å². The summed E-state index contributed by atoms with van der Waals surface area (Å²) in [5.74, 6) is -0.348. The number of nitrogens with zero attached hydrogens (tertiary/aromatic N) is 3. The molecule has 0 aromatic carbocycles. The number of rotatable bonds is 3. The van der Waals surface area contributed by atoms with Crippen LogP contribution in [0.3, 0.4) is 0 Å². The van der Waals surface area contributed by atoms with Gasteiger partial charge in [-0.05, 0) is 6.07 Å². The van der Waals surface area contributed by atoms with Crippen LogP contribution >= 0.6 is 0 Å². The number of carbonyl (C=O) groups excluding carboxylic acids is 1. The van der Waals surface area contributed by atoms with Gasteiger partial charge in [-0.25, -0.2) is 4.79 Å². The molecule has 0 bridgehead atoms. The highest BCUT2D eigenvalue weighted by atomic mass is 16.6. The van der Waals surface area contributed by atoms with Crippen LogP contribution in [0.2, 0.25) is 0 Å². The molecule has 0 spiro atoms. The Labute approximate surface area is 94.0 Å². The van der Waals surface area contributed by atoms with Crippen LogP contribution < -0.4 is 0 Å². The first-order valence-corrected chi connectivity index (χ1v) is 4.50. The van der Waals surface area contributed by atoms with Crippen molar-refractivity contribution in [2.24, 2.45) is 5.10 Å². The fourth-order valence-electron chi connectivity index (χ4n) is 1.16. The predicted molar refractivity (Wildman–Crippen MR) is 52.2 cm³/mol. The van der Waals surface area contributed by atoms with E-state index in [-0.39, 0.29) is 12.4 Å². The normalized spacial score (nSPS) is 19.9. The van der Waals surface area contributed by atoms with Crippen LogP contribution in [0.5, 0.6) is 0 Å². The molecule has 2 heterocycles. The van der Waals surface area contributed by atoms with Crippen molar-refractivity contribution in [3.63, 3.8) is 0 Å². The Morgan fingerprint density at radius 1 is 1.65 bits per heavy atom. The first-order chi connectivity index (χ1) is 8.08. The largest absolute Gasteiger partial charge is 0.443 e. The third-order valence-corrected chi connectivity index (χ3v) is 1.93. The number of carbonyl (C=O) groups is 1. The minimum absolute atomic E-state index is 0.0867. The Bertz CT molecular complexity index is 481. The molecule has 90 valence electrons. The molecule has 17 heavy (non-hydrogen) atoms. The van der Waals surface area contributed by atoms with E-state index in [9.17, 15) is 20.0 Å². The summed E-state index contributed by atoms with van der Waals surface area (Å²) in [5, 5.41) is 23.9. The van der Waals surface area contributed by atoms with Gasteiger partial charge < -0.3 is 14.3 Å². The fourth-order valence-corrected chi connectivity index (χ4v) is 1.16. The third kappa shape index (κ3) is 2.23. The second kappa shape index (κ2) is 4.22. The van der Waals surface area contributed by atoms with Gasteiger partial charge in [0, 0.05) is 0 Å². The Kier molecular flexibility index (Phi) is 2.75. The highest BCUT2D eigenvalue weighted by Crippen LogP contribution is 2.15. The predicted octanol–water partition coefficient (Wildman–Crippen LogP) is 0.292. The lowest BCUT2D eigenvalue weighted by molar-refractivity contribution is -0.402. The molecule has 1 aliphatic rings. The van der Waals surface area contributed by atoms with Gasteiger partial charge in [0.15, 0.2) is 12.0 Å². The molecule has 9 heteroatoms. The quantitative estimate of drug-likeness (QED) is 0.461. The van der Waals surface area contributed by atoms with Gasteiger partial charge in [0.25, 0.3) is 0 Å². The van der Waals surface area contributed by atoms with Crippen LogP contribution in [0.15, 0.2) is 21.7 Å². The van der Waals surface area contributed by atoms with E-state index in [0.29, 0.717) is 5.01 Å². The molecule has 1 fully saturated rings. The van der Waals surface area contributed by atoms with Gasteiger partial charge in [-0.15, -0.1) is 0 Å². The molecule has 0 saturated carbocycles. The number of cyclic esters (lactones) is 1. The number of aliphatic hydroxyl groups is 1. The van der Waals surface area contributed by atoms with Crippen molar-refractivity contribution in [2.45, 2.75) is 6.23 Å². The molecule has 2 rings (SSSR count). The van der Waals surface area contributed by atoms with Crippen molar-refractivity contribution in [1.29, 1.82) is 0 Å². The molecular weight excluding hydrogens is 234 g/mol. The van der Waals surface area contributed by atoms with Crippen LogP contribution in [0.1, 0.15) is 5.76 Å². The van der Waals surface area contributed by atoms with Gasteiger partial charge in [-0.2, -0.15) is 10.1 Å². The summed E-state index contributed by atoms with van der Waals surface area (Å²) in [7, 11) is 0. The van der Waals surface area contributed by atoms with Crippen molar-refractivity contribution in [3.8, 4) is 0 Å². The molecule has 1 aromatic rings. The van der Waals surface area contributed by atoms with E-state index >= 15 is 0 Å². The molecule has 1 unspecified atom stereocenters. The first kappa shape index (κ1) is 11.1. The lowest BCUT2D eigenvalue weighted by Crippen LogP contribution is -2.27. The van der Waals surface area contributed by atoms with Crippen LogP contribution in [0, 0.1) is 10.1 Å². The average molecular weight is 241 g/mol. The molecule has 1 saturated heterocycles. The Balaban J connectivity index is 2.09. The Hall–Kier alpha value is -2.42. The summed E-state index contributed by atoms with van der Waals surface area (Å²) in [6.45, 7) is -0.172. The van der Waals surface area contributed by atoms with Gasteiger partial charge in [0.05, 0.1) is 12.3 Å². The standard InChI is InChI=1S/C8H7N3O6/c12-6-4-16-8(13)10(6)9-3-5-1-2-7(17-5)11(14)15/h1-3,6,12H,4H2/b9-3+. The highest BCUT2D eigenvalue weighted by molar-refractivity contribution is 5.78. The van der Waals surface area contributed by atoms with Crippen LogP contribution in [-0.4, -0.2) is 40.2 Å². The average Bonchev–Trinajstić information content (AvgIpc) is 2.85. The van der Waals surface area contributed by atoms with E-state index in [0.717, 1.165) is 12.3 Å². The second-order valence-electron chi connectivity index (χ2n) is 3.08. The zero-order chi connectivity index (χ0) is 12.4. The number of hydrogen-bond acceptors (Lipinski definition) is 7. The van der Waals surface area contributed by atoms with Crippen molar-refractivity contribution >= 4 is 18.2 Å². The lowest BCUT2D eigenvalue weighted by Gasteiger charge is -2.08. The molecule has 1 amide bonds. The van der Waals surface area contributed by atoms with Crippen LogP contribution in [0.4, 0.5) is 10.7 Å². The molecular formula is C8H7N3O6. The number of hydrogen-bond donors (Lipinski definition) is 1. The van der Waals surface area contributed by atoms with Gasteiger partial charge in [-0.3, -0.25) is 10.1 Å². The molecule has 0 aliphatic carbocycles. The van der Waals surface area contributed by atoms with E-state index < -0.39 is 23.1 Å². The summed E-state index contributed by atoms with van der Waals surface area (Å²) in [6.07, 6.45) is -0.887. The number of amides is 1. The topological polar surface area (TPSA) is 118 Å². The maximum atomic E-state index is 11.0. The van der Waals surface area contributed by atoms with Crippen molar-refractivity contribution in [2.75, 3.05) is 6.61 Å². The number of furan rings is 1. The van der Waals surface area contributed by atoms with E-state index in [2.05, 4.69) is 9.84 Å². The van der Waals surface area contributed by atoms with Crippen LogP contribution in [-0.2, 0) is 4.74 Å². The maximum absolute atomic E-state index is 11.0. The van der Waals surface area contributed by atoms with E-state index in [1.165, 1.54) is 6.07 Å². The van der Waals surface area contributed by atoms with Crippen molar-refractivity contribution in [1.82, 2.24) is 5.01 Å². The Morgan fingerprint density at radius 2 is 2.41 bits per heavy atom. The number of nitro groups is 1. The lowest BCUT2D eigenvalue weighted by atomic mass is 10.5. The summed E-state index contributed by atoms with van der Waals surface area (Å²) >= 11 is 0. The monoisotopic (exact) mass is 241 g/mol. The van der Waals surface area contributed by atoms with Crippen molar-refractivity contribution < 1.29 is 24.0 Å². The first-order valence-electron chi connectivity index (χ1n) is 4.50. The summed E-state index contributed by atoms with van der Waals surface area (Å²) < 4.78 is 9.26. The molecule has 9 nitrogen and oxygen atoms in total. The minimum Gasteiger partial charge on any atom is -0.443 e. The maximum Gasteiger partial charge on any atom is 0.433 e. The second-order valence-corrected chi connectivity index (χ2v) is 3.08. The van der Waals surface area contributed by atoms with E-state index in [1.54, 1.807) is 0 Å². The number of hydrazone groups is 1. The van der Waals surface area contributed by atoms with Gasteiger partial charge in [0.1, 0.15) is 11.5 Å². The minimum atomic E-state index is -1.16. The zero-order valence-electron chi connectivity index (χ0n) is 8.35. The van der Waals surface area contributed by atoms with E-state index in [1.807, 2.05) is 0 Å². The molecule has 1 aliphatic heterocycles. The van der Waals surface area contributed by atoms with Crippen molar-refractivity contribution in [3.05, 3.63) is 28.0 Å². The summed E-state index contributed by atoms with van der Waals surface area (Å²) in [6, 6.07) is 2.47. The fraction of sp³-hybridized carbons (Fsp3) is 0.250.